The SMILES string of the molecule is C=C[C@@H]1C[C@]1(NC(=O)[C@@H]1C[C@@H]2CN1C(=O)[C@H](C(C)(C)C)NC(=O)OCCCCCC=Cc1c(ccc3ccccc13)O2)C(=O)NS(=O)(=O)C1CC1. The number of sulfonamides is 1. The molecule has 2 aliphatic heterocycles. The zero-order valence-corrected chi connectivity index (χ0v) is 30.3. The van der Waals surface area contributed by atoms with E-state index in [1.807, 2.05) is 63.2 Å². The molecule has 2 aromatic carbocycles. The molecule has 3 fully saturated rings. The number of fused-ring (bicyclic) bond motifs is 5. The molecule has 274 valence electrons. The highest BCUT2D eigenvalue weighted by Gasteiger charge is 2.62. The summed E-state index contributed by atoms with van der Waals surface area (Å²) >= 11 is 0. The summed E-state index contributed by atoms with van der Waals surface area (Å²) < 4.78 is 39.6. The summed E-state index contributed by atoms with van der Waals surface area (Å²) in [5, 5.41) is 6.98. The first-order valence-electron chi connectivity index (χ1n) is 17.8. The molecule has 0 spiro atoms. The van der Waals surface area contributed by atoms with Crippen LogP contribution in [0.5, 0.6) is 5.75 Å². The first-order chi connectivity index (χ1) is 24.2. The molecule has 2 aromatic rings. The van der Waals surface area contributed by atoms with Crippen molar-refractivity contribution in [2.24, 2.45) is 11.3 Å². The van der Waals surface area contributed by atoms with Crippen molar-refractivity contribution >= 4 is 50.7 Å². The van der Waals surface area contributed by atoms with Crippen LogP contribution < -0.4 is 20.1 Å². The topological polar surface area (TPSA) is 160 Å². The maximum Gasteiger partial charge on any atom is 0.407 e. The molecule has 3 N–H and O–H groups in total. The van der Waals surface area contributed by atoms with Gasteiger partial charge in [0.1, 0.15) is 29.5 Å². The number of alkyl carbamates (subject to hydrolysis) is 1. The summed E-state index contributed by atoms with van der Waals surface area (Å²) in [6, 6.07) is 9.72. The molecule has 1 saturated heterocycles. The Kier molecular flexibility index (Phi) is 10.2. The number of amides is 4. The third-order valence-corrected chi connectivity index (χ3v) is 12.0. The van der Waals surface area contributed by atoms with Gasteiger partial charge in [0.15, 0.2) is 0 Å². The number of carbonyl (C=O) groups is 4. The Morgan fingerprint density at radius 2 is 1.84 bits per heavy atom. The summed E-state index contributed by atoms with van der Waals surface area (Å²) in [6.45, 7) is 9.44. The van der Waals surface area contributed by atoms with Crippen LogP contribution in [-0.2, 0) is 29.1 Å². The van der Waals surface area contributed by atoms with E-state index in [2.05, 4.69) is 28.0 Å². The minimum absolute atomic E-state index is 0.0242. The molecular weight excluding hydrogens is 673 g/mol. The van der Waals surface area contributed by atoms with Crippen molar-refractivity contribution < 1.29 is 37.1 Å². The monoisotopic (exact) mass is 720 g/mol. The van der Waals surface area contributed by atoms with E-state index in [-0.39, 0.29) is 26.0 Å². The number of hydrogen-bond donors (Lipinski definition) is 3. The second kappa shape index (κ2) is 14.3. The van der Waals surface area contributed by atoms with Crippen molar-refractivity contribution in [1.82, 2.24) is 20.3 Å². The lowest BCUT2D eigenvalue weighted by Gasteiger charge is -2.35. The van der Waals surface area contributed by atoms with Crippen LogP contribution in [0.3, 0.4) is 0 Å². The molecule has 2 aliphatic carbocycles. The Hall–Kier alpha value is -4.39. The average Bonchev–Trinajstić information content (AvgIpc) is 4.01. The molecule has 2 saturated carbocycles. The highest BCUT2D eigenvalue weighted by Crippen LogP contribution is 2.45. The number of cyclic esters (lactones) is 1. The fraction of sp³-hybridized carbons (Fsp3) is 0.526. The summed E-state index contributed by atoms with van der Waals surface area (Å²) in [6.07, 6.45) is 8.74. The number of ether oxygens (including phenoxy) is 2. The molecule has 5 atom stereocenters. The predicted molar refractivity (Wildman–Crippen MR) is 193 cm³/mol. The number of nitrogens with one attached hydrogen (secondary N) is 3. The van der Waals surface area contributed by atoms with E-state index >= 15 is 0 Å². The van der Waals surface area contributed by atoms with Crippen molar-refractivity contribution in [1.29, 1.82) is 0 Å². The molecule has 2 heterocycles. The smallest absolute Gasteiger partial charge is 0.407 e. The molecule has 4 amide bonds. The van der Waals surface area contributed by atoms with Gasteiger partial charge >= 0.3 is 6.09 Å². The molecule has 51 heavy (non-hydrogen) atoms. The molecule has 2 bridgehead atoms. The Balaban J connectivity index is 1.34. The standard InChI is InChI=1S/C38H48N4O8S/c1-5-25-22-38(25,35(45)41-51(47,48)27-17-18-27)40-33(43)30-21-26-23-42(30)34(44)32(37(2,3)4)39-36(46)49-20-12-8-6-7-9-15-29-28-14-11-10-13-24(28)16-19-31(29)50-26/h5,9-11,13-16,19,25-27,30,32H,1,6-8,12,17-18,20-23H2,2-4H3,(H,39,46)(H,40,43)(H,41,45)/t25-,26-,30+,32-,38-/m1/s1. The van der Waals surface area contributed by atoms with Gasteiger partial charge in [-0.25, -0.2) is 13.2 Å². The van der Waals surface area contributed by atoms with E-state index in [4.69, 9.17) is 9.47 Å². The lowest BCUT2D eigenvalue weighted by molar-refractivity contribution is -0.142. The molecule has 13 heteroatoms. The van der Waals surface area contributed by atoms with Gasteiger partial charge in [-0.15, -0.1) is 6.58 Å². The second-order valence-corrected chi connectivity index (χ2v) is 17.2. The van der Waals surface area contributed by atoms with E-state index in [9.17, 15) is 27.6 Å². The largest absolute Gasteiger partial charge is 0.488 e. The van der Waals surface area contributed by atoms with E-state index in [1.54, 1.807) is 0 Å². The van der Waals surface area contributed by atoms with Crippen LogP contribution in [0.25, 0.3) is 16.8 Å². The quantitative estimate of drug-likeness (QED) is 0.366. The van der Waals surface area contributed by atoms with Gasteiger partial charge in [0, 0.05) is 17.9 Å². The molecule has 0 aromatic heterocycles. The Labute approximate surface area is 299 Å². The molecule has 6 rings (SSSR count). The van der Waals surface area contributed by atoms with Gasteiger partial charge in [0.2, 0.25) is 21.8 Å². The van der Waals surface area contributed by atoms with Gasteiger partial charge in [-0.2, -0.15) is 0 Å². The second-order valence-electron chi connectivity index (χ2n) is 15.2. The van der Waals surface area contributed by atoms with Crippen molar-refractivity contribution in [2.75, 3.05) is 13.2 Å². The van der Waals surface area contributed by atoms with E-state index in [1.165, 1.54) is 11.0 Å². The van der Waals surface area contributed by atoms with E-state index < -0.39 is 74.1 Å². The molecule has 0 unspecified atom stereocenters. The minimum Gasteiger partial charge on any atom is -0.488 e. The van der Waals surface area contributed by atoms with Crippen molar-refractivity contribution in [3.8, 4) is 5.75 Å². The van der Waals surface area contributed by atoms with Crippen LogP contribution in [0.2, 0.25) is 0 Å². The first kappa shape index (κ1) is 36.4. The van der Waals surface area contributed by atoms with E-state index in [0.29, 0.717) is 25.0 Å². The predicted octanol–water partition coefficient (Wildman–Crippen LogP) is 4.59. The number of carbonyl (C=O) groups excluding carboxylic acids is 4. The molecule has 0 radical (unpaired) electrons. The summed E-state index contributed by atoms with van der Waals surface area (Å²) in [4.78, 5) is 56.5. The van der Waals surface area contributed by atoms with Gasteiger partial charge in [-0.3, -0.25) is 19.1 Å². The lowest BCUT2D eigenvalue weighted by atomic mass is 9.85. The van der Waals surface area contributed by atoms with Crippen molar-refractivity contribution in [3.05, 3.63) is 60.7 Å². The highest BCUT2D eigenvalue weighted by molar-refractivity contribution is 7.91. The van der Waals surface area contributed by atoms with Crippen LogP contribution in [-0.4, -0.2) is 79.3 Å². The molecule has 4 aliphatic rings. The first-order valence-corrected chi connectivity index (χ1v) is 19.4. The Bertz CT molecular complexity index is 1850. The van der Waals surface area contributed by atoms with Crippen molar-refractivity contribution in [2.45, 2.75) is 101 Å². The minimum atomic E-state index is -3.88. The number of rotatable bonds is 6. The summed E-state index contributed by atoms with van der Waals surface area (Å²) in [7, 11) is -3.88. The highest BCUT2D eigenvalue weighted by atomic mass is 32.2. The molecular formula is C38H48N4O8S. The summed E-state index contributed by atoms with van der Waals surface area (Å²) in [5.74, 6) is -1.84. The fourth-order valence-corrected chi connectivity index (χ4v) is 8.37. The molecule has 12 nitrogen and oxygen atoms in total. The normalized spacial score (nSPS) is 27.5. The van der Waals surface area contributed by atoms with Gasteiger partial charge in [-0.1, -0.05) is 69.3 Å². The van der Waals surface area contributed by atoms with Gasteiger partial charge < -0.3 is 25.0 Å². The third kappa shape index (κ3) is 7.93. The zero-order chi connectivity index (χ0) is 36.6. The number of hydrogen-bond acceptors (Lipinski definition) is 8. The third-order valence-electron chi connectivity index (χ3n) is 10.2. The number of allylic oxidation sites excluding steroid dienone is 1. The van der Waals surface area contributed by atoms with Crippen LogP contribution in [0.1, 0.15) is 77.7 Å². The Morgan fingerprint density at radius 1 is 1.08 bits per heavy atom. The van der Waals surface area contributed by atoms with Gasteiger partial charge in [-0.05, 0) is 67.2 Å². The van der Waals surface area contributed by atoms with Crippen LogP contribution >= 0.6 is 0 Å². The van der Waals surface area contributed by atoms with Crippen molar-refractivity contribution in [3.63, 3.8) is 0 Å². The van der Waals surface area contributed by atoms with Gasteiger partial charge in [0.05, 0.1) is 18.4 Å². The summed E-state index contributed by atoms with van der Waals surface area (Å²) in [5.41, 5.74) is -1.40. The lowest BCUT2D eigenvalue weighted by Crippen LogP contribution is -2.60. The maximum atomic E-state index is 14.5. The Morgan fingerprint density at radius 3 is 2.55 bits per heavy atom. The fourth-order valence-electron chi connectivity index (χ4n) is 7.01. The number of nitrogens with zero attached hydrogens (tertiary/aromatic N) is 1. The average molecular weight is 721 g/mol. The van der Waals surface area contributed by atoms with Gasteiger partial charge in [0.25, 0.3) is 5.91 Å². The maximum absolute atomic E-state index is 14.5. The van der Waals surface area contributed by atoms with E-state index in [0.717, 1.165) is 35.6 Å². The van der Waals surface area contributed by atoms with Crippen LogP contribution in [0.4, 0.5) is 4.79 Å². The van der Waals surface area contributed by atoms with Crippen LogP contribution in [0, 0.1) is 11.3 Å². The zero-order valence-electron chi connectivity index (χ0n) is 29.5. The van der Waals surface area contributed by atoms with Crippen LogP contribution in [0.15, 0.2) is 55.1 Å². The number of benzene rings is 2.